The van der Waals surface area contributed by atoms with E-state index in [-0.39, 0.29) is 12.2 Å². The van der Waals surface area contributed by atoms with Crippen LogP contribution in [-0.4, -0.2) is 22.6 Å². The first-order chi connectivity index (χ1) is 9.70. The summed E-state index contributed by atoms with van der Waals surface area (Å²) in [6, 6.07) is 4.06. The van der Waals surface area contributed by atoms with Crippen LogP contribution in [0.25, 0.3) is 0 Å². The van der Waals surface area contributed by atoms with Crippen molar-refractivity contribution in [2.24, 2.45) is 0 Å². The Kier molecular flexibility index (Phi) is 4.82. The molecule has 0 unspecified atom stereocenters. The summed E-state index contributed by atoms with van der Waals surface area (Å²) in [7, 11) is 0. The lowest BCUT2D eigenvalue weighted by molar-refractivity contribution is 0.102. The molecular weight excluding hydrogens is 279 g/mol. The minimum atomic E-state index is -0.619. The molecule has 0 fully saturated rings. The monoisotopic (exact) mass is 290 g/mol. The topological polar surface area (TPSA) is 62.2 Å². The van der Waals surface area contributed by atoms with Gasteiger partial charge in [0, 0.05) is 23.6 Å². The molecular formula is C14H11FN2O2S. The molecule has 0 atom stereocenters. The lowest BCUT2D eigenvalue weighted by Gasteiger charge is -2.03. The van der Waals surface area contributed by atoms with Gasteiger partial charge in [0.05, 0.1) is 12.2 Å². The van der Waals surface area contributed by atoms with E-state index in [2.05, 4.69) is 22.1 Å². The zero-order chi connectivity index (χ0) is 14.4. The molecule has 102 valence electrons. The first kappa shape index (κ1) is 14.2. The van der Waals surface area contributed by atoms with Crippen molar-refractivity contribution in [2.75, 3.05) is 11.9 Å². The number of amides is 1. The fourth-order valence-corrected chi connectivity index (χ4v) is 1.97. The highest BCUT2D eigenvalue weighted by Crippen LogP contribution is 2.15. The summed E-state index contributed by atoms with van der Waals surface area (Å²) in [4.78, 5) is 15.8. The molecule has 0 saturated carbocycles. The summed E-state index contributed by atoms with van der Waals surface area (Å²) in [5.74, 6) is 4.29. The van der Waals surface area contributed by atoms with E-state index < -0.39 is 11.7 Å². The van der Waals surface area contributed by atoms with Gasteiger partial charge in [-0.25, -0.2) is 9.37 Å². The maximum absolute atomic E-state index is 13.7. The van der Waals surface area contributed by atoms with Gasteiger partial charge in [-0.2, -0.15) is 0 Å². The van der Waals surface area contributed by atoms with Crippen LogP contribution in [0.2, 0.25) is 0 Å². The third-order valence-corrected chi connectivity index (χ3v) is 3.02. The van der Waals surface area contributed by atoms with Gasteiger partial charge in [-0.15, -0.1) is 11.3 Å². The lowest BCUT2D eigenvalue weighted by atomic mass is 10.1. The van der Waals surface area contributed by atoms with E-state index >= 15 is 0 Å². The number of hydrogen-bond donors (Lipinski definition) is 2. The maximum Gasteiger partial charge on any atom is 0.260 e. The third-order valence-electron chi connectivity index (χ3n) is 2.33. The van der Waals surface area contributed by atoms with Crippen molar-refractivity contribution in [1.82, 2.24) is 4.98 Å². The average Bonchev–Trinajstić information content (AvgIpc) is 2.93. The molecule has 4 nitrogen and oxygen atoms in total. The Bertz CT molecular complexity index is 660. The number of halogens is 1. The largest absolute Gasteiger partial charge is 0.395 e. The van der Waals surface area contributed by atoms with E-state index in [9.17, 15) is 9.18 Å². The zero-order valence-corrected chi connectivity index (χ0v) is 11.2. The van der Waals surface area contributed by atoms with Gasteiger partial charge >= 0.3 is 0 Å². The number of carbonyl (C=O) groups excluding carboxylic acids is 1. The molecule has 0 saturated heterocycles. The second-order valence-electron chi connectivity index (χ2n) is 3.76. The Morgan fingerprint density at radius 3 is 3.05 bits per heavy atom. The Morgan fingerprint density at radius 2 is 2.35 bits per heavy atom. The number of benzene rings is 1. The summed E-state index contributed by atoms with van der Waals surface area (Å²) >= 11 is 1.25. The predicted octanol–water partition coefficient (Wildman–Crippen LogP) is 2.27. The van der Waals surface area contributed by atoms with Crippen molar-refractivity contribution in [1.29, 1.82) is 0 Å². The Morgan fingerprint density at radius 1 is 1.50 bits per heavy atom. The van der Waals surface area contributed by atoms with Crippen LogP contribution in [-0.2, 0) is 0 Å². The molecule has 1 aromatic heterocycles. The second-order valence-corrected chi connectivity index (χ2v) is 4.66. The van der Waals surface area contributed by atoms with Crippen molar-refractivity contribution in [3.05, 3.63) is 46.7 Å². The van der Waals surface area contributed by atoms with Gasteiger partial charge in [-0.3, -0.25) is 10.1 Å². The van der Waals surface area contributed by atoms with Crippen molar-refractivity contribution in [3.63, 3.8) is 0 Å². The van der Waals surface area contributed by atoms with Gasteiger partial charge < -0.3 is 5.11 Å². The SMILES string of the molecule is O=C(Nc1nccs1)c1cc(C#CCCO)ccc1F. The number of aromatic nitrogens is 1. The Balaban J connectivity index is 2.20. The van der Waals surface area contributed by atoms with E-state index in [4.69, 9.17) is 5.11 Å². The van der Waals surface area contributed by atoms with E-state index in [1.807, 2.05) is 0 Å². The number of anilines is 1. The van der Waals surface area contributed by atoms with Crippen LogP contribution in [0.15, 0.2) is 29.8 Å². The number of hydrogen-bond acceptors (Lipinski definition) is 4. The highest BCUT2D eigenvalue weighted by Gasteiger charge is 2.13. The smallest absolute Gasteiger partial charge is 0.260 e. The second kappa shape index (κ2) is 6.80. The fourth-order valence-electron chi connectivity index (χ4n) is 1.45. The van der Waals surface area contributed by atoms with Crippen LogP contribution in [0.4, 0.5) is 9.52 Å². The quantitative estimate of drug-likeness (QED) is 0.852. The maximum atomic E-state index is 13.7. The average molecular weight is 290 g/mol. The van der Waals surface area contributed by atoms with Crippen LogP contribution in [0.5, 0.6) is 0 Å². The van der Waals surface area contributed by atoms with Crippen molar-refractivity contribution >= 4 is 22.4 Å². The molecule has 0 radical (unpaired) electrons. The number of rotatable bonds is 3. The van der Waals surface area contributed by atoms with Gasteiger partial charge in [0.15, 0.2) is 5.13 Å². The van der Waals surface area contributed by atoms with E-state index in [1.54, 1.807) is 11.6 Å². The molecule has 20 heavy (non-hydrogen) atoms. The highest BCUT2D eigenvalue weighted by molar-refractivity contribution is 7.13. The molecule has 0 bridgehead atoms. The zero-order valence-electron chi connectivity index (χ0n) is 10.4. The van der Waals surface area contributed by atoms with Crippen molar-refractivity contribution < 1.29 is 14.3 Å². The van der Waals surface area contributed by atoms with Crippen LogP contribution in [0.1, 0.15) is 22.3 Å². The standard InChI is InChI=1S/C14H11FN2O2S/c15-12-5-4-10(3-1-2-7-18)9-11(12)13(19)17-14-16-6-8-20-14/h4-6,8-9,18H,2,7H2,(H,16,17,19). The minimum Gasteiger partial charge on any atom is -0.395 e. The van der Waals surface area contributed by atoms with Crippen molar-refractivity contribution in [3.8, 4) is 11.8 Å². The number of thiazole rings is 1. The van der Waals surface area contributed by atoms with E-state index in [1.165, 1.54) is 29.5 Å². The highest BCUT2D eigenvalue weighted by atomic mass is 32.1. The molecule has 1 amide bonds. The Hall–Kier alpha value is -2.23. The number of carbonyl (C=O) groups is 1. The normalized spacial score (nSPS) is 9.70. The first-order valence-corrected chi connectivity index (χ1v) is 6.69. The molecule has 6 heteroatoms. The summed E-state index contributed by atoms with van der Waals surface area (Å²) in [6.45, 7) is -0.0361. The summed E-state index contributed by atoms with van der Waals surface area (Å²) < 4.78 is 13.7. The predicted molar refractivity (Wildman–Crippen MR) is 75.0 cm³/mol. The first-order valence-electron chi connectivity index (χ1n) is 5.81. The number of aliphatic hydroxyl groups is 1. The molecule has 0 aliphatic heterocycles. The summed E-state index contributed by atoms with van der Waals surface area (Å²) in [6.07, 6.45) is 1.88. The molecule has 2 rings (SSSR count). The number of nitrogens with one attached hydrogen (secondary N) is 1. The molecule has 2 N–H and O–H groups in total. The molecule has 0 aliphatic carbocycles. The van der Waals surface area contributed by atoms with Crippen LogP contribution in [0, 0.1) is 17.7 Å². The van der Waals surface area contributed by atoms with Gasteiger partial charge in [-0.05, 0) is 18.2 Å². The Labute approximate surface area is 119 Å². The van der Waals surface area contributed by atoms with Crippen LogP contribution < -0.4 is 5.32 Å². The van der Waals surface area contributed by atoms with Crippen LogP contribution >= 0.6 is 11.3 Å². The van der Waals surface area contributed by atoms with Gasteiger partial charge in [0.25, 0.3) is 5.91 Å². The summed E-state index contributed by atoms with van der Waals surface area (Å²) in [5, 5.41) is 13.3. The minimum absolute atomic E-state index is 0.0361. The summed E-state index contributed by atoms with van der Waals surface area (Å²) in [5.41, 5.74) is 0.431. The molecule has 0 aliphatic rings. The lowest BCUT2D eigenvalue weighted by Crippen LogP contribution is -2.13. The van der Waals surface area contributed by atoms with Crippen molar-refractivity contribution in [2.45, 2.75) is 6.42 Å². The number of nitrogens with zero attached hydrogens (tertiary/aromatic N) is 1. The van der Waals surface area contributed by atoms with Crippen LogP contribution in [0.3, 0.4) is 0 Å². The number of aliphatic hydroxyl groups excluding tert-OH is 1. The van der Waals surface area contributed by atoms with Gasteiger partial charge in [0.1, 0.15) is 5.82 Å². The van der Waals surface area contributed by atoms with E-state index in [0.29, 0.717) is 17.1 Å². The molecule has 2 aromatic rings. The van der Waals surface area contributed by atoms with E-state index in [0.717, 1.165) is 0 Å². The third kappa shape index (κ3) is 3.63. The van der Waals surface area contributed by atoms with Gasteiger partial charge in [0.2, 0.25) is 0 Å². The molecule has 0 spiro atoms. The van der Waals surface area contributed by atoms with Gasteiger partial charge in [-0.1, -0.05) is 11.8 Å². The molecule has 1 aromatic carbocycles. The molecule has 1 heterocycles. The fraction of sp³-hybridized carbons (Fsp3) is 0.143.